The summed E-state index contributed by atoms with van der Waals surface area (Å²) >= 11 is 0. The summed E-state index contributed by atoms with van der Waals surface area (Å²) in [6, 6.07) is 0. The molecule has 5 rings (SSSR count). The van der Waals surface area contributed by atoms with Crippen molar-refractivity contribution in [1.29, 1.82) is 0 Å². The third kappa shape index (κ3) is 0.765. The summed E-state index contributed by atoms with van der Waals surface area (Å²) in [7, 11) is 0. The van der Waals surface area contributed by atoms with Crippen LogP contribution in [0.1, 0.15) is 38.5 Å². The molecular weight excluding hydrogens is 172 g/mol. The lowest BCUT2D eigenvalue weighted by Crippen LogP contribution is -2.45. The lowest BCUT2D eigenvalue weighted by Gasteiger charge is -2.50. The molecule has 0 radical (unpaired) electrons. The Balaban J connectivity index is 1.76. The molecule has 5 aliphatic carbocycles. The quantitative estimate of drug-likeness (QED) is 0.574. The minimum atomic E-state index is 0.526. The summed E-state index contributed by atoms with van der Waals surface area (Å²) in [4.78, 5) is 11.8. The smallest absolute Gasteiger partial charge is 0.136 e. The molecule has 76 valence electrons. The number of rotatable bonds is 0. The predicted octanol–water partition coefficient (Wildman–Crippen LogP) is 2.65. The number of carbonyl (C=O) groups excluding carboxylic acids is 1. The molecule has 0 N–H and O–H groups in total. The maximum atomic E-state index is 11.8. The minimum Gasteiger partial charge on any atom is -0.299 e. The highest BCUT2D eigenvalue weighted by Gasteiger charge is 2.59. The van der Waals surface area contributed by atoms with Gasteiger partial charge >= 0.3 is 0 Å². The second kappa shape index (κ2) is 2.43. The van der Waals surface area contributed by atoms with Gasteiger partial charge in [-0.2, -0.15) is 0 Å². The normalized spacial score (nSPS) is 59.3. The van der Waals surface area contributed by atoms with Crippen molar-refractivity contribution in [3.8, 4) is 0 Å². The van der Waals surface area contributed by atoms with E-state index in [4.69, 9.17) is 0 Å². The van der Waals surface area contributed by atoms with Crippen LogP contribution in [0.4, 0.5) is 0 Å². The van der Waals surface area contributed by atoms with Crippen LogP contribution in [-0.2, 0) is 4.79 Å². The Morgan fingerprint density at radius 2 is 1.50 bits per heavy atom. The highest BCUT2D eigenvalue weighted by molar-refractivity contribution is 5.85. The Labute approximate surface area is 85.3 Å². The molecule has 5 aliphatic rings. The Morgan fingerprint density at radius 3 is 2.21 bits per heavy atom. The highest BCUT2D eigenvalue weighted by atomic mass is 16.1. The molecule has 0 aromatic carbocycles. The molecule has 4 atom stereocenters. The number of hydrogen-bond donors (Lipinski definition) is 0. The predicted molar refractivity (Wildman–Crippen MR) is 53.6 cm³/mol. The van der Waals surface area contributed by atoms with Crippen LogP contribution in [0.2, 0.25) is 0 Å². The van der Waals surface area contributed by atoms with Gasteiger partial charge < -0.3 is 0 Å². The van der Waals surface area contributed by atoms with Gasteiger partial charge in [0.1, 0.15) is 5.78 Å². The molecule has 0 aliphatic heterocycles. The summed E-state index contributed by atoms with van der Waals surface area (Å²) < 4.78 is 0. The van der Waals surface area contributed by atoms with Gasteiger partial charge in [0.2, 0.25) is 0 Å². The molecule has 0 saturated heterocycles. The molecule has 0 amide bonds. The van der Waals surface area contributed by atoms with E-state index in [1.165, 1.54) is 32.1 Å². The fourth-order valence-electron chi connectivity index (χ4n) is 5.46. The van der Waals surface area contributed by atoms with Gasteiger partial charge in [-0.15, -0.1) is 0 Å². The fraction of sp³-hybridized carbons (Fsp3) is 0.923. The fourth-order valence-corrected chi connectivity index (χ4v) is 5.46. The van der Waals surface area contributed by atoms with Gasteiger partial charge in [0.25, 0.3) is 0 Å². The van der Waals surface area contributed by atoms with Crippen LogP contribution in [0.25, 0.3) is 0 Å². The second-order valence-corrected chi connectivity index (χ2v) is 6.10. The molecule has 0 spiro atoms. The molecule has 1 heteroatoms. The molecule has 5 fully saturated rings. The largest absolute Gasteiger partial charge is 0.299 e. The van der Waals surface area contributed by atoms with Gasteiger partial charge in [0.15, 0.2) is 0 Å². The average molecular weight is 190 g/mol. The molecule has 5 saturated carbocycles. The second-order valence-electron chi connectivity index (χ2n) is 6.10. The number of fused-ring (bicyclic) bond motifs is 4. The maximum Gasteiger partial charge on any atom is 0.136 e. The van der Waals surface area contributed by atoms with E-state index in [1.54, 1.807) is 0 Å². The number of carbonyl (C=O) groups is 1. The van der Waals surface area contributed by atoms with Gasteiger partial charge in [-0.05, 0) is 61.7 Å². The van der Waals surface area contributed by atoms with Gasteiger partial charge in [0.05, 0.1) is 0 Å². The van der Waals surface area contributed by atoms with Crippen molar-refractivity contribution in [3.05, 3.63) is 0 Å². The van der Waals surface area contributed by atoms with Crippen LogP contribution in [0.3, 0.4) is 0 Å². The monoisotopic (exact) mass is 190 g/mol. The van der Waals surface area contributed by atoms with Crippen molar-refractivity contribution in [2.75, 3.05) is 0 Å². The van der Waals surface area contributed by atoms with E-state index in [-0.39, 0.29) is 0 Å². The molecule has 0 aromatic heterocycles. The number of Topliss-reactive ketones (excluding diaryl/α,β-unsaturated/α-hetero) is 1. The molecule has 0 aromatic rings. The first-order valence-corrected chi connectivity index (χ1v) is 6.37. The van der Waals surface area contributed by atoms with Crippen molar-refractivity contribution in [2.45, 2.75) is 38.5 Å². The van der Waals surface area contributed by atoms with Crippen LogP contribution >= 0.6 is 0 Å². The highest BCUT2D eigenvalue weighted by Crippen LogP contribution is 2.63. The van der Waals surface area contributed by atoms with Crippen molar-refractivity contribution in [2.24, 2.45) is 35.5 Å². The summed E-state index contributed by atoms with van der Waals surface area (Å²) in [5.41, 5.74) is 0. The van der Waals surface area contributed by atoms with E-state index in [1.807, 2.05) is 0 Å². The Morgan fingerprint density at radius 1 is 0.857 bits per heavy atom. The topological polar surface area (TPSA) is 17.1 Å². The van der Waals surface area contributed by atoms with Crippen LogP contribution in [-0.4, -0.2) is 5.78 Å². The molecular formula is C13H18O. The van der Waals surface area contributed by atoms with Gasteiger partial charge in [-0.1, -0.05) is 0 Å². The van der Waals surface area contributed by atoms with Crippen molar-refractivity contribution in [3.63, 3.8) is 0 Å². The molecule has 0 unspecified atom stereocenters. The van der Waals surface area contributed by atoms with Crippen LogP contribution in [0, 0.1) is 35.5 Å². The van der Waals surface area contributed by atoms with Gasteiger partial charge in [0, 0.05) is 12.3 Å². The minimum absolute atomic E-state index is 0.526. The number of hydrogen-bond acceptors (Lipinski definition) is 1. The third-order valence-electron chi connectivity index (χ3n) is 5.79. The Kier molecular flexibility index (Phi) is 1.37. The standard InChI is InChI=1S/C13H18O/c14-11-6-9-5-10(11)13-8-3-1-7(2-4-8)12(9)13/h7-10,12-13H,1-6H2/t7?,8?,9-,10-,12+,13+/m1/s1. The zero-order valence-electron chi connectivity index (χ0n) is 8.61. The summed E-state index contributed by atoms with van der Waals surface area (Å²) in [5.74, 6) is 5.80. The maximum absolute atomic E-state index is 11.8. The van der Waals surface area contributed by atoms with Crippen LogP contribution in [0.5, 0.6) is 0 Å². The van der Waals surface area contributed by atoms with Crippen molar-refractivity contribution in [1.82, 2.24) is 0 Å². The zero-order valence-corrected chi connectivity index (χ0v) is 8.61. The third-order valence-corrected chi connectivity index (χ3v) is 5.79. The van der Waals surface area contributed by atoms with E-state index in [0.717, 1.165) is 36.0 Å². The Bertz CT molecular complexity index is 288. The van der Waals surface area contributed by atoms with Crippen LogP contribution < -0.4 is 0 Å². The van der Waals surface area contributed by atoms with Gasteiger partial charge in [-0.3, -0.25) is 4.79 Å². The van der Waals surface area contributed by atoms with E-state index in [0.29, 0.717) is 11.7 Å². The molecule has 1 nitrogen and oxygen atoms in total. The molecule has 14 heavy (non-hydrogen) atoms. The van der Waals surface area contributed by atoms with Crippen molar-refractivity contribution >= 4 is 5.78 Å². The first kappa shape index (κ1) is 7.90. The lowest BCUT2D eigenvalue weighted by molar-refractivity contribution is -0.129. The summed E-state index contributed by atoms with van der Waals surface area (Å²) in [6.07, 6.45) is 8.10. The summed E-state index contributed by atoms with van der Waals surface area (Å²) in [6.45, 7) is 0. The molecule has 0 heterocycles. The number of ketones is 1. The Hall–Kier alpha value is -0.330. The SMILES string of the molecule is O=C1C[C@H]2C[C@H]1[C@@H]1C3CCC(CC3)[C@@H]21. The summed E-state index contributed by atoms with van der Waals surface area (Å²) in [5, 5.41) is 0. The molecule has 4 bridgehead atoms. The first-order valence-electron chi connectivity index (χ1n) is 6.37. The average Bonchev–Trinajstić information content (AvgIpc) is 2.78. The first-order chi connectivity index (χ1) is 6.84. The van der Waals surface area contributed by atoms with Crippen molar-refractivity contribution < 1.29 is 4.79 Å². The zero-order chi connectivity index (χ0) is 9.28. The van der Waals surface area contributed by atoms with E-state index >= 15 is 0 Å². The van der Waals surface area contributed by atoms with Crippen LogP contribution in [0.15, 0.2) is 0 Å². The van der Waals surface area contributed by atoms with E-state index < -0.39 is 0 Å². The lowest BCUT2D eigenvalue weighted by atomic mass is 9.54. The van der Waals surface area contributed by atoms with E-state index in [2.05, 4.69) is 0 Å². The van der Waals surface area contributed by atoms with E-state index in [9.17, 15) is 4.79 Å². The van der Waals surface area contributed by atoms with Gasteiger partial charge in [-0.25, -0.2) is 0 Å².